The van der Waals surface area contributed by atoms with Gasteiger partial charge in [0.15, 0.2) is 0 Å². The van der Waals surface area contributed by atoms with E-state index in [9.17, 15) is 5.11 Å². The Morgan fingerprint density at radius 1 is 1.25 bits per heavy atom. The molecule has 2 aliphatic rings. The molecular weight excluding hydrogens is 202 g/mol. The number of rotatable bonds is 6. The third-order valence-corrected chi connectivity index (χ3v) is 3.66. The molecule has 16 heavy (non-hydrogen) atoms. The third kappa shape index (κ3) is 3.42. The van der Waals surface area contributed by atoms with Gasteiger partial charge in [0.2, 0.25) is 0 Å². The van der Waals surface area contributed by atoms with E-state index < -0.39 is 0 Å². The second-order valence-corrected chi connectivity index (χ2v) is 5.00. The van der Waals surface area contributed by atoms with Gasteiger partial charge in [-0.15, -0.1) is 0 Å². The van der Waals surface area contributed by atoms with Crippen molar-refractivity contribution < 1.29 is 5.11 Å². The molecule has 1 saturated carbocycles. The summed E-state index contributed by atoms with van der Waals surface area (Å²) in [5.41, 5.74) is 0. The van der Waals surface area contributed by atoms with Crippen LogP contribution in [0.2, 0.25) is 0 Å². The highest BCUT2D eigenvalue weighted by Crippen LogP contribution is 2.27. The van der Waals surface area contributed by atoms with Gasteiger partial charge in [-0.1, -0.05) is 6.92 Å². The van der Waals surface area contributed by atoms with Crippen LogP contribution in [0.3, 0.4) is 0 Å². The Labute approximate surface area is 98.6 Å². The Balaban J connectivity index is 1.67. The van der Waals surface area contributed by atoms with Gasteiger partial charge in [0.1, 0.15) is 0 Å². The van der Waals surface area contributed by atoms with Gasteiger partial charge in [0.25, 0.3) is 0 Å². The van der Waals surface area contributed by atoms with Crippen molar-refractivity contribution in [1.29, 1.82) is 0 Å². The monoisotopic (exact) mass is 227 g/mol. The molecule has 2 rings (SSSR count). The largest absolute Gasteiger partial charge is 0.395 e. The molecule has 0 bridgehead atoms. The molecule has 1 aliphatic heterocycles. The minimum absolute atomic E-state index is 0.247. The van der Waals surface area contributed by atoms with Crippen LogP contribution in [0.4, 0.5) is 0 Å². The zero-order valence-corrected chi connectivity index (χ0v) is 10.4. The summed E-state index contributed by atoms with van der Waals surface area (Å²) in [6.45, 7) is 9.03. The van der Waals surface area contributed by atoms with E-state index in [2.05, 4.69) is 22.0 Å². The first-order valence-corrected chi connectivity index (χ1v) is 6.64. The molecule has 2 fully saturated rings. The van der Waals surface area contributed by atoms with E-state index in [0.717, 1.165) is 19.1 Å². The minimum Gasteiger partial charge on any atom is -0.395 e. The van der Waals surface area contributed by atoms with Crippen molar-refractivity contribution in [3.63, 3.8) is 0 Å². The summed E-state index contributed by atoms with van der Waals surface area (Å²) >= 11 is 0. The Morgan fingerprint density at radius 3 is 2.44 bits per heavy atom. The van der Waals surface area contributed by atoms with Crippen LogP contribution in [0, 0.1) is 0 Å². The lowest BCUT2D eigenvalue weighted by atomic mass is 10.2. The Morgan fingerprint density at radius 2 is 1.94 bits per heavy atom. The molecule has 0 aromatic carbocycles. The van der Waals surface area contributed by atoms with Gasteiger partial charge in [-0.2, -0.15) is 0 Å². The van der Waals surface area contributed by atoms with Crippen LogP contribution in [0.15, 0.2) is 0 Å². The Kier molecular flexibility index (Phi) is 4.58. The van der Waals surface area contributed by atoms with E-state index in [4.69, 9.17) is 0 Å². The summed E-state index contributed by atoms with van der Waals surface area (Å²) in [5, 5.41) is 12.6. The molecule has 0 aromatic rings. The number of aliphatic hydroxyl groups excluding tert-OH is 1. The van der Waals surface area contributed by atoms with E-state index >= 15 is 0 Å². The lowest BCUT2D eigenvalue weighted by molar-refractivity contribution is 0.106. The van der Waals surface area contributed by atoms with Gasteiger partial charge >= 0.3 is 0 Å². The standard InChI is InChI=1S/C12H25N3O/c1-2-13-11(10-16)9-14-5-7-15(8-6-14)12-3-4-12/h11-13,16H,2-10H2,1H3. The number of piperazine rings is 1. The van der Waals surface area contributed by atoms with Crippen molar-refractivity contribution in [2.75, 3.05) is 45.9 Å². The Hall–Kier alpha value is -0.160. The summed E-state index contributed by atoms with van der Waals surface area (Å²) < 4.78 is 0. The van der Waals surface area contributed by atoms with Gasteiger partial charge in [0, 0.05) is 44.8 Å². The van der Waals surface area contributed by atoms with Crippen molar-refractivity contribution >= 4 is 0 Å². The molecule has 0 spiro atoms. The first-order valence-electron chi connectivity index (χ1n) is 6.64. The first kappa shape index (κ1) is 12.3. The first-order chi connectivity index (χ1) is 7.83. The topological polar surface area (TPSA) is 38.7 Å². The zero-order valence-electron chi connectivity index (χ0n) is 10.4. The molecule has 0 amide bonds. The molecular formula is C12H25N3O. The average Bonchev–Trinajstić information content (AvgIpc) is 3.13. The van der Waals surface area contributed by atoms with Gasteiger partial charge in [-0.05, 0) is 19.4 Å². The SMILES string of the molecule is CCNC(CO)CN1CCN(C2CC2)CC1. The van der Waals surface area contributed by atoms with Crippen molar-refractivity contribution in [1.82, 2.24) is 15.1 Å². The van der Waals surface area contributed by atoms with Crippen LogP contribution in [0.1, 0.15) is 19.8 Å². The fraction of sp³-hybridized carbons (Fsp3) is 1.00. The van der Waals surface area contributed by atoms with Crippen molar-refractivity contribution in [3.05, 3.63) is 0 Å². The van der Waals surface area contributed by atoms with Crippen LogP contribution >= 0.6 is 0 Å². The van der Waals surface area contributed by atoms with E-state index in [1.807, 2.05) is 0 Å². The fourth-order valence-electron chi connectivity index (χ4n) is 2.54. The molecule has 1 atom stereocenters. The number of nitrogens with one attached hydrogen (secondary N) is 1. The predicted molar refractivity (Wildman–Crippen MR) is 65.6 cm³/mol. The summed E-state index contributed by atoms with van der Waals surface area (Å²) in [6.07, 6.45) is 2.83. The lowest BCUT2D eigenvalue weighted by Gasteiger charge is -2.36. The quantitative estimate of drug-likeness (QED) is 0.655. The molecule has 4 heteroatoms. The molecule has 1 unspecified atom stereocenters. The maximum absolute atomic E-state index is 9.24. The third-order valence-electron chi connectivity index (χ3n) is 3.66. The van der Waals surface area contributed by atoms with E-state index in [1.54, 1.807) is 0 Å². The molecule has 2 N–H and O–H groups in total. The average molecular weight is 227 g/mol. The van der Waals surface area contributed by atoms with Crippen molar-refractivity contribution in [2.24, 2.45) is 0 Å². The number of aliphatic hydroxyl groups is 1. The van der Waals surface area contributed by atoms with Crippen LogP contribution in [-0.2, 0) is 0 Å². The highest BCUT2D eigenvalue weighted by molar-refractivity contribution is 4.88. The second-order valence-electron chi connectivity index (χ2n) is 5.00. The summed E-state index contributed by atoms with van der Waals surface area (Å²) in [4.78, 5) is 5.10. The van der Waals surface area contributed by atoms with Crippen LogP contribution in [-0.4, -0.2) is 72.9 Å². The minimum atomic E-state index is 0.247. The zero-order chi connectivity index (χ0) is 11.4. The van der Waals surface area contributed by atoms with Crippen LogP contribution < -0.4 is 5.32 Å². The van der Waals surface area contributed by atoms with E-state index in [-0.39, 0.29) is 12.6 Å². The summed E-state index contributed by atoms with van der Waals surface area (Å²) in [5.74, 6) is 0. The van der Waals surface area contributed by atoms with Crippen LogP contribution in [0.25, 0.3) is 0 Å². The summed E-state index contributed by atoms with van der Waals surface area (Å²) in [6, 6.07) is 1.15. The normalized spacial score (nSPS) is 25.9. The number of likely N-dealkylation sites (N-methyl/N-ethyl adjacent to an activating group) is 1. The highest BCUT2D eigenvalue weighted by Gasteiger charge is 2.31. The van der Waals surface area contributed by atoms with E-state index in [1.165, 1.54) is 39.0 Å². The predicted octanol–water partition coefficient (Wildman–Crippen LogP) is -0.263. The smallest absolute Gasteiger partial charge is 0.0597 e. The highest BCUT2D eigenvalue weighted by atomic mass is 16.3. The summed E-state index contributed by atoms with van der Waals surface area (Å²) in [7, 11) is 0. The number of hydrogen-bond donors (Lipinski definition) is 2. The fourth-order valence-corrected chi connectivity index (χ4v) is 2.54. The maximum Gasteiger partial charge on any atom is 0.0597 e. The second kappa shape index (κ2) is 5.96. The van der Waals surface area contributed by atoms with Crippen molar-refractivity contribution in [3.8, 4) is 0 Å². The maximum atomic E-state index is 9.24. The van der Waals surface area contributed by atoms with Gasteiger partial charge in [-0.3, -0.25) is 9.80 Å². The van der Waals surface area contributed by atoms with E-state index in [0.29, 0.717) is 0 Å². The van der Waals surface area contributed by atoms with Gasteiger partial charge in [0.05, 0.1) is 6.61 Å². The molecule has 1 heterocycles. The molecule has 0 aromatic heterocycles. The van der Waals surface area contributed by atoms with Crippen molar-refractivity contribution in [2.45, 2.75) is 31.8 Å². The van der Waals surface area contributed by atoms with Crippen LogP contribution in [0.5, 0.6) is 0 Å². The lowest BCUT2D eigenvalue weighted by Crippen LogP contribution is -2.52. The number of nitrogens with zero attached hydrogens (tertiary/aromatic N) is 2. The number of hydrogen-bond acceptors (Lipinski definition) is 4. The molecule has 4 nitrogen and oxygen atoms in total. The molecule has 0 radical (unpaired) electrons. The van der Waals surface area contributed by atoms with Gasteiger partial charge in [-0.25, -0.2) is 0 Å². The molecule has 1 aliphatic carbocycles. The molecule has 1 saturated heterocycles. The Bertz CT molecular complexity index is 200. The van der Waals surface area contributed by atoms with Gasteiger partial charge < -0.3 is 10.4 Å². The molecule has 94 valence electrons.